The summed E-state index contributed by atoms with van der Waals surface area (Å²) in [5, 5.41) is 9.32. The molecule has 9 nitrogen and oxygen atoms in total. The normalized spacial score (nSPS) is 16.7. The average Bonchev–Trinajstić information content (AvgIpc) is 2.71. The van der Waals surface area contributed by atoms with E-state index in [9.17, 15) is 23.1 Å². The maximum Gasteiger partial charge on any atom is 0.305 e. The zero-order valence-corrected chi connectivity index (χ0v) is 18.2. The molecule has 2 N–H and O–H groups in total. The number of sulfonamides is 1. The van der Waals surface area contributed by atoms with Gasteiger partial charge in [0.1, 0.15) is 17.6 Å². The molecule has 0 saturated heterocycles. The van der Waals surface area contributed by atoms with Gasteiger partial charge in [0, 0.05) is 12.5 Å². The van der Waals surface area contributed by atoms with Gasteiger partial charge in [-0.2, -0.15) is 0 Å². The number of amides is 1. The predicted molar refractivity (Wildman–Crippen MR) is 113 cm³/mol. The fourth-order valence-electron chi connectivity index (χ4n) is 3.48. The molecule has 0 aromatic heterocycles. The number of methoxy groups -OCH3 is 1. The van der Waals surface area contributed by atoms with Crippen LogP contribution in [0.1, 0.15) is 31.9 Å². The van der Waals surface area contributed by atoms with Gasteiger partial charge in [0.15, 0.2) is 0 Å². The standard InChI is InChI=1S/C21H24N2O7S/c1-13-12-23(14(2)24)18-10-15(8-9-20(18)30-13)31(27,28)22-17(11-21(25)26)16-6-4-5-7-19(16)29-3/h4-10,13,17,22H,11-12H2,1-3H3,(H,25,26)/t13-,17-/m1/s1. The molecule has 0 aliphatic carbocycles. The van der Waals surface area contributed by atoms with Crippen LogP contribution in [0.15, 0.2) is 47.4 Å². The van der Waals surface area contributed by atoms with Gasteiger partial charge in [-0.15, -0.1) is 0 Å². The number of nitrogens with zero attached hydrogens (tertiary/aromatic N) is 1. The molecule has 10 heteroatoms. The van der Waals surface area contributed by atoms with Crippen LogP contribution in [-0.2, 0) is 19.6 Å². The predicted octanol–water partition coefficient (Wildman–Crippen LogP) is 2.32. The second-order valence-electron chi connectivity index (χ2n) is 7.20. The second kappa shape index (κ2) is 8.94. The molecule has 0 spiro atoms. The molecule has 1 aliphatic rings. The fraction of sp³-hybridized carbons (Fsp3) is 0.333. The Kier molecular flexibility index (Phi) is 6.51. The quantitative estimate of drug-likeness (QED) is 0.666. The Morgan fingerprint density at radius 2 is 2.00 bits per heavy atom. The Labute approximate surface area is 180 Å². The maximum atomic E-state index is 13.1. The van der Waals surface area contributed by atoms with Crippen molar-refractivity contribution in [1.29, 1.82) is 0 Å². The average molecular weight is 448 g/mol. The number of carbonyl (C=O) groups excluding carboxylic acids is 1. The van der Waals surface area contributed by atoms with Crippen molar-refractivity contribution in [2.45, 2.75) is 37.3 Å². The van der Waals surface area contributed by atoms with E-state index in [0.29, 0.717) is 29.3 Å². The van der Waals surface area contributed by atoms with Gasteiger partial charge in [-0.1, -0.05) is 18.2 Å². The Hall–Kier alpha value is -3.11. The summed E-state index contributed by atoms with van der Waals surface area (Å²) in [6, 6.07) is 9.75. The number of ether oxygens (including phenoxy) is 2. The molecule has 2 aromatic rings. The first kappa shape index (κ1) is 22.6. The molecule has 0 saturated carbocycles. The van der Waals surface area contributed by atoms with Gasteiger partial charge < -0.3 is 19.5 Å². The van der Waals surface area contributed by atoms with E-state index in [2.05, 4.69) is 4.72 Å². The molecule has 1 aliphatic heterocycles. The van der Waals surface area contributed by atoms with E-state index in [4.69, 9.17) is 9.47 Å². The van der Waals surface area contributed by atoms with Crippen LogP contribution in [0.25, 0.3) is 0 Å². The van der Waals surface area contributed by atoms with Crippen LogP contribution in [0.4, 0.5) is 5.69 Å². The fourth-order valence-corrected chi connectivity index (χ4v) is 4.72. The molecule has 0 fully saturated rings. The van der Waals surface area contributed by atoms with Gasteiger partial charge in [-0.3, -0.25) is 9.59 Å². The van der Waals surface area contributed by atoms with Crippen LogP contribution in [0.5, 0.6) is 11.5 Å². The molecular formula is C21H24N2O7S. The molecule has 31 heavy (non-hydrogen) atoms. The summed E-state index contributed by atoms with van der Waals surface area (Å²) in [7, 11) is -2.71. The van der Waals surface area contributed by atoms with Crippen molar-refractivity contribution in [2.24, 2.45) is 0 Å². The highest BCUT2D eigenvalue weighted by molar-refractivity contribution is 7.89. The third kappa shape index (κ3) is 4.97. The van der Waals surface area contributed by atoms with Gasteiger partial charge in [0.25, 0.3) is 0 Å². The van der Waals surface area contributed by atoms with E-state index in [1.54, 1.807) is 24.3 Å². The smallest absolute Gasteiger partial charge is 0.305 e. The minimum Gasteiger partial charge on any atom is -0.496 e. The molecule has 0 radical (unpaired) electrons. The number of para-hydroxylation sites is 1. The van der Waals surface area contributed by atoms with E-state index in [1.165, 1.54) is 37.1 Å². The lowest BCUT2D eigenvalue weighted by atomic mass is 10.0. The summed E-state index contributed by atoms with van der Waals surface area (Å²) in [6.45, 7) is 3.50. The van der Waals surface area contributed by atoms with Crippen LogP contribution in [0.3, 0.4) is 0 Å². The zero-order valence-electron chi connectivity index (χ0n) is 17.4. The van der Waals surface area contributed by atoms with Crippen LogP contribution in [-0.4, -0.2) is 45.2 Å². The lowest BCUT2D eigenvalue weighted by molar-refractivity contribution is -0.137. The summed E-state index contributed by atoms with van der Waals surface area (Å²) in [5.74, 6) is -0.641. The summed E-state index contributed by atoms with van der Waals surface area (Å²) < 4.78 is 39.7. The van der Waals surface area contributed by atoms with Crippen molar-refractivity contribution in [3.8, 4) is 11.5 Å². The number of fused-ring (bicyclic) bond motifs is 1. The number of benzene rings is 2. The summed E-state index contributed by atoms with van der Waals surface area (Å²) in [5.41, 5.74) is 0.747. The van der Waals surface area contributed by atoms with Gasteiger partial charge in [0.2, 0.25) is 15.9 Å². The SMILES string of the molecule is COc1ccccc1[C@@H](CC(=O)O)NS(=O)(=O)c1ccc2c(c1)N(C(C)=O)C[C@@H](C)O2. The third-order valence-electron chi connectivity index (χ3n) is 4.87. The highest BCUT2D eigenvalue weighted by Crippen LogP contribution is 2.36. The molecule has 166 valence electrons. The molecule has 3 rings (SSSR count). The van der Waals surface area contributed by atoms with Crippen LogP contribution < -0.4 is 19.1 Å². The van der Waals surface area contributed by atoms with E-state index in [1.807, 2.05) is 6.92 Å². The Morgan fingerprint density at radius 3 is 2.65 bits per heavy atom. The number of nitrogens with one attached hydrogen (secondary N) is 1. The Morgan fingerprint density at radius 1 is 1.29 bits per heavy atom. The van der Waals surface area contributed by atoms with Gasteiger partial charge >= 0.3 is 5.97 Å². The van der Waals surface area contributed by atoms with E-state index in [0.717, 1.165) is 0 Å². The van der Waals surface area contributed by atoms with Gasteiger partial charge in [0.05, 0.1) is 36.7 Å². The summed E-state index contributed by atoms with van der Waals surface area (Å²) >= 11 is 0. The minimum atomic E-state index is -4.14. The number of rotatable bonds is 7. The van der Waals surface area contributed by atoms with Crippen molar-refractivity contribution in [2.75, 3.05) is 18.6 Å². The largest absolute Gasteiger partial charge is 0.496 e. The van der Waals surface area contributed by atoms with Crippen LogP contribution in [0, 0.1) is 0 Å². The molecule has 2 aromatic carbocycles. The topological polar surface area (TPSA) is 122 Å². The minimum absolute atomic E-state index is 0.110. The number of carboxylic acids is 1. The van der Waals surface area contributed by atoms with Crippen molar-refractivity contribution in [3.63, 3.8) is 0 Å². The highest BCUT2D eigenvalue weighted by Gasteiger charge is 2.30. The molecule has 0 unspecified atom stereocenters. The van der Waals surface area contributed by atoms with Crippen molar-refractivity contribution >= 4 is 27.6 Å². The van der Waals surface area contributed by atoms with Gasteiger partial charge in [-0.05, 0) is 31.2 Å². The number of anilines is 1. The number of carboxylic acid groups (broad SMARTS) is 1. The number of hydrogen-bond acceptors (Lipinski definition) is 6. The molecule has 1 amide bonds. The number of aliphatic carboxylic acids is 1. The van der Waals surface area contributed by atoms with Crippen molar-refractivity contribution in [3.05, 3.63) is 48.0 Å². The highest BCUT2D eigenvalue weighted by atomic mass is 32.2. The lowest BCUT2D eigenvalue weighted by Gasteiger charge is -2.33. The number of carbonyl (C=O) groups is 2. The first-order valence-electron chi connectivity index (χ1n) is 9.58. The van der Waals surface area contributed by atoms with Crippen LogP contribution >= 0.6 is 0 Å². The molecule has 2 atom stereocenters. The van der Waals surface area contributed by atoms with Gasteiger partial charge in [-0.25, -0.2) is 13.1 Å². The first-order chi connectivity index (χ1) is 14.6. The van der Waals surface area contributed by atoms with Crippen molar-refractivity contribution < 1.29 is 32.6 Å². The summed E-state index contributed by atoms with van der Waals surface area (Å²) in [4.78, 5) is 24.8. The Bertz CT molecular complexity index is 1100. The molecular weight excluding hydrogens is 424 g/mol. The van der Waals surface area contributed by atoms with E-state index in [-0.39, 0.29) is 16.9 Å². The summed E-state index contributed by atoms with van der Waals surface area (Å²) in [6.07, 6.45) is -0.715. The van der Waals surface area contributed by atoms with E-state index < -0.39 is 28.5 Å². The second-order valence-corrected chi connectivity index (χ2v) is 8.92. The van der Waals surface area contributed by atoms with E-state index >= 15 is 0 Å². The molecule has 1 heterocycles. The van der Waals surface area contributed by atoms with Crippen molar-refractivity contribution in [1.82, 2.24) is 4.72 Å². The monoisotopic (exact) mass is 448 g/mol. The van der Waals surface area contributed by atoms with Crippen LogP contribution in [0.2, 0.25) is 0 Å². The zero-order chi connectivity index (χ0) is 22.8. The third-order valence-corrected chi connectivity index (χ3v) is 6.34. The Balaban J connectivity index is 1.99. The molecule has 0 bridgehead atoms. The number of hydrogen-bond donors (Lipinski definition) is 2. The maximum absolute atomic E-state index is 13.1. The lowest BCUT2D eigenvalue weighted by Crippen LogP contribution is -2.41. The first-order valence-corrected chi connectivity index (χ1v) is 11.1.